The van der Waals surface area contributed by atoms with Crippen LogP contribution >= 0.6 is 11.6 Å². The topological polar surface area (TPSA) is 90.1 Å². The Morgan fingerprint density at radius 1 is 1.17 bits per heavy atom. The van der Waals surface area contributed by atoms with Crippen LogP contribution in [-0.4, -0.2) is 15.9 Å². The maximum Gasteiger partial charge on any atom is 0.417 e. The molecule has 0 saturated carbocycles. The fourth-order valence-electron chi connectivity index (χ4n) is 2.54. The average molecular weight is 437 g/mol. The van der Waals surface area contributed by atoms with E-state index in [1.807, 2.05) is 0 Å². The molecule has 10 heteroatoms. The van der Waals surface area contributed by atoms with Crippen LogP contribution in [0.1, 0.15) is 34.6 Å². The number of ether oxygens (including phenoxy) is 1. The van der Waals surface area contributed by atoms with Gasteiger partial charge in [0.05, 0.1) is 10.6 Å². The van der Waals surface area contributed by atoms with E-state index < -0.39 is 23.8 Å². The lowest BCUT2D eigenvalue weighted by atomic mass is 10.1. The molecule has 1 atom stereocenters. The van der Waals surface area contributed by atoms with Gasteiger partial charge < -0.3 is 15.8 Å². The number of aromatic nitrogens is 2. The van der Waals surface area contributed by atoms with E-state index in [0.29, 0.717) is 28.2 Å². The van der Waals surface area contributed by atoms with Gasteiger partial charge in [0.25, 0.3) is 5.91 Å². The fraction of sp³-hybridized carbons (Fsp3) is 0.150. The van der Waals surface area contributed by atoms with E-state index in [1.54, 1.807) is 37.3 Å². The highest BCUT2D eigenvalue weighted by molar-refractivity contribution is 6.30. The van der Waals surface area contributed by atoms with Crippen LogP contribution in [0.5, 0.6) is 5.75 Å². The first-order chi connectivity index (χ1) is 14.1. The van der Waals surface area contributed by atoms with Crippen molar-refractivity contribution < 1.29 is 22.7 Å². The molecule has 1 amide bonds. The highest BCUT2D eigenvalue weighted by Gasteiger charge is 2.30. The minimum Gasteiger partial charge on any atom is -0.482 e. The number of nitrogens with one attached hydrogen (secondary N) is 1. The second-order valence-electron chi connectivity index (χ2n) is 6.31. The maximum atomic E-state index is 12.6. The van der Waals surface area contributed by atoms with Gasteiger partial charge in [-0.2, -0.15) is 13.2 Å². The van der Waals surface area contributed by atoms with Crippen LogP contribution in [0.4, 0.5) is 24.7 Å². The normalized spacial score (nSPS) is 12.3. The van der Waals surface area contributed by atoms with E-state index in [2.05, 4.69) is 15.3 Å². The first-order valence-electron chi connectivity index (χ1n) is 8.65. The summed E-state index contributed by atoms with van der Waals surface area (Å²) in [5.41, 5.74) is 5.85. The first kappa shape index (κ1) is 21.4. The van der Waals surface area contributed by atoms with Crippen molar-refractivity contribution in [2.45, 2.75) is 19.2 Å². The monoisotopic (exact) mass is 436 g/mol. The van der Waals surface area contributed by atoms with Crippen LogP contribution in [0.3, 0.4) is 0 Å². The van der Waals surface area contributed by atoms with Crippen LogP contribution in [0, 0.1) is 0 Å². The Labute approximate surface area is 174 Å². The van der Waals surface area contributed by atoms with Gasteiger partial charge in [0.2, 0.25) is 0 Å². The SMILES string of the molecule is C[C@@H](Oc1cc(Cl)cnc1N)c1cccc(NC(=O)c2ccc(C(F)(F)F)cn2)c1. The molecule has 0 spiro atoms. The first-order valence-corrected chi connectivity index (χ1v) is 9.03. The number of nitrogens with zero attached hydrogens (tertiary/aromatic N) is 2. The summed E-state index contributed by atoms with van der Waals surface area (Å²) in [6.45, 7) is 1.78. The van der Waals surface area contributed by atoms with E-state index in [9.17, 15) is 18.0 Å². The van der Waals surface area contributed by atoms with Crippen molar-refractivity contribution in [1.29, 1.82) is 0 Å². The molecule has 156 valence electrons. The van der Waals surface area contributed by atoms with Gasteiger partial charge in [-0.25, -0.2) is 4.98 Å². The molecule has 3 aromatic rings. The van der Waals surface area contributed by atoms with Crippen molar-refractivity contribution in [3.05, 3.63) is 76.7 Å². The average Bonchev–Trinajstić information content (AvgIpc) is 2.70. The highest BCUT2D eigenvalue weighted by Crippen LogP contribution is 2.30. The quantitative estimate of drug-likeness (QED) is 0.579. The third-order valence-electron chi connectivity index (χ3n) is 4.09. The van der Waals surface area contributed by atoms with Crippen LogP contribution < -0.4 is 15.8 Å². The zero-order valence-corrected chi connectivity index (χ0v) is 16.3. The molecular formula is C20H16ClF3N4O2. The van der Waals surface area contributed by atoms with Crippen molar-refractivity contribution in [2.75, 3.05) is 11.1 Å². The van der Waals surface area contributed by atoms with Gasteiger partial charge in [-0.15, -0.1) is 0 Å². The molecule has 0 saturated heterocycles. The van der Waals surface area contributed by atoms with Gasteiger partial charge in [-0.05, 0) is 36.8 Å². The Morgan fingerprint density at radius 2 is 1.93 bits per heavy atom. The van der Waals surface area contributed by atoms with Crippen molar-refractivity contribution >= 4 is 29.0 Å². The Kier molecular flexibility index (Phi) is 6.12. The lowest BCUT2D eigenvalue weighted by molar-refractivity contribution is -0.137. The third kappa shape index (κ3) is 5.18. The highest BCUT2D eigenvalue weighted by atomic mass is 35.5. The van der Waals surface area contributed by atoms with Crippen molar-refractivity contribution in [2.24, 2.45) is 0 Å². The number of halogens is 4. The van der Waals surface area contributed by atoms with Gasteiger partial charge in [-0.1, -0.05) is 23.7 Å². The molecule has 30 heavy (non-hydrogen) atoms. The van der Waals surface area contributed by atoms with E-state index >= 15 is 0 Å². The van der Waals surface area contributed by atoms with Crippen molar-refractivity contribution in [3.63, 3.8) is 0 Å². The summed E-state index contributed by atoms with van der Waals surface area (Å²) in [6, 6.07) is 10.1. The molecule has 0 unspecified atom stereocenters. The number of anilines is 2. The van der Waals surface area contributed by atoms with Crippen LogP contribution in [-0.2, 0) is 6.18 Å². The zero-order chi connectivity index (χ0) is 21.9. The van der Waals surface area contributed by atoms with E-state index in [4.69, 9.17) is 22.1 Å². The van der Waals surface area contributed by atoms with Crippen LogP contribution in [0.25, 0.3) is 0 Å². The Hall–Kier alpha value is -3.33. The molecule has 0 radical (unpaired) electrons. The van der Waals surface area contributed by atoms with Crippen molar-refractivity contribution in [3.8, 4) is 5.75 Å². The molecule has 6 nitrogen and oxygen atoms in total. The summed E-state index contributed by atoms with van der Waals surface area (Å²) < 4.78 is 43.7. The van der Waals surface area contributed by atoms with Crippen LogP contribution in [0.2, 0.25) is 5.02 Å². The summed E-state index contributed by atoms with van der Waals surface area (Å²) in [6.07, 6.45) is -2.95. The molecule has 2 heterocycles. The Morgan fingerprint density at radius 3 is 2.60 bits per heavy atom. The number of hydrogen-bond donors (Lipinski definition) is 2. The van der Waals surface area contributed by atoms with Gasteiger partial charge in [0.15, 0.2) is 11.6 Å². The number of nitrogen functional groups attached to an aromatic ring is 1. The number of rotatable bonds is 5. The van der Waals surface area contributed by atoms with E-state index in [0.717, 1.165) is 12.1 Å². The molecule has 0 bridgehead atoms. The minimum absolute atomic E-state index is 0.143. The lowest BCUT2D eigenvalue weighted by Gasteiger charge is -2.17. The fourth-order valence-corrected chi connectivity index (χ4v) is 2.69. The minimum atomic E-state index is -4.52. The number of nitrogens with two attached hydrogens (primary N) is 1. The smallest absolute Gasteiger partial charge is 0.417 e. The Bertz CT molecular complexity index is 1060. The summed E-state index contributed by atoms with van der Waals surface area (Å²) in [5.74, 6) is -0.139. The molecule has 3 N–H and O–H groups in total. The summed E-state index contributed by atoms with van der Waals surface area (Å²) in [5, 5.41) is 2.97. The van der Waals surface area contributed by atoms with Gasteiger partial charge in [0, 0.05) is 24.1 Å². The zero-order valence-electron chi connectivity index (χ0n) is 15.6. The number of pyridine rings is 2. The molecule has 0 aliphatic carbocycles. The predicted octanol–water partition coefficient (Wildman–Crippen LogP) is 5.12. The summed E-state index contributed by atoms with van der Waals surface area (Å²) in [7, 11) is 0. The molecule has 1 aromatic carbocycles. The molecule has 0 fully saturated rings. The Balaban J connectivity index is 1.72. The van der Waals surface area contributed by atoms with Gasteiger partial charge in [-0.3, -0.25) is 9.78 Å². The molecular weight excluding hydrogens is 421 g/mol. The standard InChI is InChI=1S/C20H16ClF3N4O2/c1-11(30-17-8-14(21)10-27-18(17)25)12-3-2-4-15(7-12)28-19(29)16-6-5-13(9-26-16)20(22,23)24/h2-11H,1H3,(H2,25,27)(H,28,29)/t11-/m1/s1. The van der Waals surface area contributed by atoms with Crippen LogP contribution in [0.15, 0.2) is 54.9 Å². The summed E-state index contributed by atoms with van der Waals surface area (Å²) in [4.78, 5) is 19.8. The molecule has 0 aliphatic rings. The second kappa shape index (κ2) is 8.58. The lowest BCUT2D eigenvalue weighted by Crippen LogP contribution is -2.15. The molecule has 2 aromatic heterocycles. The van der Waals surface area contributed by atoms with Gasteiger partial charge >= 0.3 is 6.18 Å². The molecule has 3 rings (SSSR count). The predicted molar refractivity (Wildman–Crippen MR) is 106 cm³/mol. The largest absolute Gasteiger partial charge is 0.482 e. The van der Waals surface area contributed by atoms with E-state index in [1.165, 1.54) is 6.20 Å². The van der Waals surface area contributed by atoms with Crippen molar-refractivity contribution in [1.82, 2.24) is 9.97 Å². The third-order valence-corrected chi connectivity index (χ3v) is 4.30. The summed E-state index contributed by atoms with van der Waals surface area (Å²) >= 11 is 5.91. The number of alkyl halides is 3. The number of carbonyl (C=O) groups excluding carboxylic acids is 1. The number of hydrogen-bond acceptors (Lipinski definition) is 5. The van der Waals surface area contributed by atoms with E-state index in [-0.39, 0.29) is 11.5 Å². The molecule has 0 aliphatic heterocycles. The number of carbonyl (C=O) groups is 1. The second-order valence-corrected chi connectivity index (χ2v) is 6.74. The maximum absolute atomic E-state index is 12.6. The number of amides is 1. The van der Waals surface area contributed by atoms with Gasteiger partial charge in [0.1, 0.15) is 11.8 Å². The number of benzene rings is 1.